The second-order valence-electron chi connectivity index (χ2n) is 15.5. The number of carbonyl (C=O) groups is 1. The van der Waals surface area contributed by atoms with Crippen LogP contribution < -0.4 is 5.32 Å². The molecular weight excluding hydrogens is 488 g/mol. The van der Waals surface area contributed by atoms with Crippen molar-refractivity contribution in [1.82, 2.24) is 5.32 Å². The molecule has 4 rings (SSSR count). The minimum atomic E-state index is -0.365. The maximum atomic E-state index is 12.7. The van der Waals surface area contributed by atoms with Gasteiger partial charge in [-0.1, -0.05) is 34.1 Å². The second kappa shape index (κ2) is 12.3. The largest absolute Gasteiger partial charge is 0.393 e. The van der Waals surface area contributed by atoms with E-state index in [1.807, 2.05) is 0 Å². The minimum Gasteiger partial charge on any atom is -0.393 e. The quantitative estimate of drug-likeness (QED) is 0.221. The molecule has 0 heterocycles. The maximum absolute atomic E-state index is 12.7. The van der Waals surface area contributed by atoms with Gasteiger partial charge in [0.2, 0.25) is 5.91 Å². The molecule has 0 spiro atoms. The van der Waals surface area contributed by atoms with Crippen molar-refractivity contribution in [2.75, 3.05) is 33.7 Å². The zero-order chi connectivity index (χ0) is 28.6. The third-order valence-electron chi connectivity index (χ3n) is 12.7. The molecule has 4 aliphatic carbocycles. The molecule has 0 aromatic heterocycles. The third-order valence-corrected chi connectivity index (χ3v) is 12.7. The van der Waals surface area contributed by atoms with Crippen LogP contribution in [0.5, 0.6) is 0 Å². The van der Waals surface area contributed by atoms with Crippen LogP contribution in [0.2, 0.25) is 0 Å². The van der Waals surface area contributed by atoms with E-state index in [-0.39, 0.29) is 41.0 Å². The van der Waals surface area contributed by atoms with Crippen LogP contribution in [0.4, 0.5) is 0 Å². The summed E-state index contributed by atoms with van der Waals surface area (Å²) in [5.41, 5.74) is -0.0886. The highest BCUT2D eigenvalue weighted by molar-refractivity contribution is 5.75. The third kappa shape index (κ3) is 6.24. The molecule has 0 aliphatic heterocycles. The summed E-state index contributed by atoms with van der Waals surface area (Å²) in [6.45, 7) is 12.2. The Kier molecular flexibility index (Phi) is 9.83. The lowest BCUT2D eigenvalue weighted by Gasteiger charge is -2.63. The molecule has 39 heavy (non-hydrogen) atoms. The Morgan fingerprint density at radius 2 is 1.72 bits per heavy atom. The molecule has 6 nitrogen and oxygen atoms in total. The first-order valence-electron chi connectivity index (χ1n) is 16.5. The summed E-state index contributed by atoms with van der Waals surface area (Å²) < 4.78 is 1.02. The average molecular weight is 550 g/mol. The topological polar surface area (TPSA) is 89.8 Å². The molecule has 5 unspecified atom stereocenters. The average Bonchev–Trinajstić information content (AvgIpc) is 3.24. The van der Waals surface area contributed by atoms with Crippen LogP contribution in [0.1, 0.15) is 105 Å². The van der Waals surface area contributed by atoms with Gasteiger partial charge in [0.25, 0.3) is 0 Å². The fraction of sp³-hybridized carbons (Fsp3) is 0.970. The van der Waals surface area contributed by atoms with Crippen molar-refractivity contribution in [1.29, 1.82) is 0 Å². The molecule has 0 bridgehead atoms. The summed E-state index contributed by atoms with van der Waals surface area (Å²) in [7, 11) is 4.56. The minimum absolute atomic E-state index is 0.108. The SMILES string of the molecule is CCCC[N+](C)(C)CCCNC(=O)CC[C@@H](C)[C@H]1CCC2C3C(O)CC4C[C@H](O)CC[C@]4(C)C3C[C@H](O)[C@@]21C. The number of nitrogens with zero attached hydrogens (tertiary/aromatic N) is 1. The first-order chi connectivity index (χ1) is 18.3. The van der Waals surface area contributed by atoms with Gasteiger partial charge in [0.15, 0.2) is 0 Å². The molecule has 4 saturated carbocycles. The van der Waals surface area contributed by atoms with E-state index in [2.05, 4.69) is 47.1 Å². The predicted molar refractivity (Wildman–Crippen MR) is 157 cm³/mol. The molecule has 226 valence electrons. The van der Waals surface area contributed by atoms with Crippen LogP contribution in [-0.2, 0) is 4.79 Å². The number of rotatable bonds is 11. The van der Waals surface area contributed by atoms with Crippen molar-refractivity contribution < 1.29 is 24.6 Å². The molecule has 0 saturated heterocycles. The number of unbranched alkanes of at least 4 members (excludes halogenated alkanes) is 1. The Hall–Kier alpha value is -0.690. The summed E-state index contributed by atoms with van der Waals surface area (Å²) >= 11 is 0. The molecular formula is C33H61N2O4+. The zero-order valence-electron chi connectivity index (χ0n) is 26.0. The number of aliphatic hydroxyl groups excluding tert-OH is 3. The number of hydrogen-bond acceptors (Lipinski definition) is 4. The number of amides is 1. The van der Waals surface area contributed by atoms with Crippen LogP contribution in [0.15, 0.2) is 0 Å². The molecule has 1 amide bonds. The van der Waals surface area contributed by atoms with Gasteiger partial charge >= 0.3 is 0 Å². The van der Waals surface area contributed by atoms with Gasteiger partial charge < -0.3 is 25.1 Å². The van der Waals surface area contributed by atoms with Crippen LogP contribution in [-0.4, -0.2) is 77.8 Å². The van der Waals surface area contributed by atoms with E-state index < -0.39 is 0 Å². The fourth-order valence-corrected chi connectivity index (χ4v) is 10.2. The van der Waals surface area contributed by atoms with Crippen molar-refractivity contribution in [3.05, 3.63) is 0 Å². The first-order valence-corrected chi connectivity index (χ1v) is 16.5. The number of aliphatic hydroxyl groups is 3. The highest BCUT2D eigenvalue weighted by atomic mass is 16.3. The summed E-state index contributed by atoms with van der Waals surface area (Å²) in [5.74, 6) is 2.18. The lowest BCUT2D eigenvalue weighted by atomic mass is 9.43. The Bertz CT molecular complexity index is 835. The lowest BCUT2D eigenvalue weighted by Crippen LogP contribution is -2.62. The number of fused-ring (bicyclic) bond motifs is 5. The van der Waals surface area contributed by atoms with Gasteiger partial charge in [-0.2, -0.15) is 0 Å². The van der Waals surface area contributed by atoms with Gasteiger partial charge in [0, 0.05) is 19.4 Å². The Morgan fingerprint density at radius 3 is 2.44 bits per heavy atom. The summed E-state index contributed by atoms with van der Waals surface area (Å²) in [6.07, 6.45) is 10.3. The summed E-state index contributed by atoms with van der Waals surface area (Å²) in [6, 6.07) is 0. The Labute approximate surface area is 238 Å². The van der Waals surface area contributed by atoms with Crippen molar-refractivity contribution in [2.45, 2.75) is 123 Å². The maximum Gasteiger partial charge on any atom is 0.220 e. The highest BCUT2D eigenvalue weighted by Crippen LogP contribution is 2.68. The van der Waals surface area contributed by atoms with Gasteiger partial charge in [-0.05, 0) is 104 Å². The molecule has 4 fully saturated rings. The number of carbonyl (C=O) groups excluding carboxylic acids is 1. The van der Waals surface area contributed by atoms with E-state index in [0.717, 1.165) is 75.4 Å². The second-order valence-corrected chi connectivity index (χ2v) is 15.5. The van der Waals surface area contributed by atoms with Crippen LogP contribution in [0.3, 0.4) is 0 Å². The van der Waals surface area contributed by atoms with Crippen LogP contribution >= 0.6 is 0 Å². The molecule has 0 aromatic rings. The van der Waals surface area contributed by atoms with Gasteiger partial charge in [-0.3, -0.25) is 4.79 Å². The van der Waals surface area contributed by atoms with E-state index in [9.17, 15) is 20.1 Å². The van der Waals surface area contributed by atoms with Crippen molar-refractivity contribution >= 4 is 5.91 Å². The molecule has 4 aliphatic rings. The van der Waals surface area contributed by atoms with Crippen molar-refractivity contribution in [2.24, 2.45) is 46.3 Å². The molecule has 4 N–H and O–H groups in total. The van der Waals surface area contributed by atoms with Crippen molar-refractivity contribution in [3.8, 4) is 0 Å². The van der Waals surface area contributed by atoms with Gasteiger partial charge in [0.05, 0.1) is 45.5 Å². The first kappa shape index (κ1) is 31.3. The number of quaternary nitrogens is 1. The molecule has 6 heteroatoms. The van der Waals surface area contributed by atoms with Crippen LogP contribution in [0, 0.1) is 46.3 Å². The smallest absolute Gasteiger partial charge is 0.220 e. The van der Waals surface area contributed by atoms with Gasteiger partial charge in [0.1, 0.15) is 0 Å². The fourth-order valence-electron chi connectivity index (χ4n) is 10.2. The lowest BCUT2D eigenvalue weighted by molar-refractivity contribution is -0.890. The van der Waals surface area contributed by atoms with Gasteiger partial charge in [-0.25, -0.2) is 0 Å². The van der Waals surface area contributed by atoms with Crippen molar-refractivity contribution in [3.63, 3.8) is 0 Å². The monoisotopic (exact) mass is 549 g/mol. The van der Waals surface area contributed by atoms with E-state index in [1.165, 1.54) is 19.4 Å². The zero-order valence-corrected chi connectivity index (χ0v) is 26.0. The standard InChI is InChI=1S/C33H60N2O4/c1-7-8-17-35(5,6)18-9-16-34-30(39)13-10-22(2)25-11-12-26-31-27(21-29(38)33(25,26)4)32(3)15-14-24(36)19-23(32)20-28(31)37/h22-29,31,36-38H,7-21H2,1-6H3/p+1/t22-,23?,24-,25-,26?,27?,28?,29+,31?,32+,33-/m1/s1. The van der Waals surface area contributed by atoms with E-state index in [4.69, 9.17) is 0 Å². The number of hydrogen-bond donors (Lipinski definition) is 4. The highest BCUT2D eigenvalue weighted by Gasteiger charge is 2.65. The summed E-state index contributed by atoms with van der Waals surface area (Å²) in [5, 5.41) is 36.7. The Morgan fingerprint density at radius 1 is 1.00 bits per heavy atom. The summed E-state index contributed by atoms with van der Waals surface area (Å²) in [4.78, 5) is 12.7. The van der Waals surface area contributed by atoms with E-state index in [1.54, 1.807) is 0 Å². The molecule has 0 aromatic carbocycles. The number of nitrogens with one attached hydrogen (secondary N) is 1. The Balaban J connectivity index is 1.32. The predicted octanol–water partition coefficient (Wildman–Crippen LogP) is 4.75. The normalized spacial score (nSPS) is 42.8. The molecule has 0 radical (unpaired) electrons. The van der Waals surface area contributed by atoms with Gasteiger partial charge in [-0.15, -0.1) is 0 Å². The molecule has 11 atom stereocenters. The van der Waals surface area contributed by atoms with E-state index in [0.29, 0.717) is 36.0 Å². The van der Waals surface area contributed by atoms with Crippen LogP contribution in [0.25, 0.3) is 0 Å². The van der Waals surface area contributed by atoms with E-state index >= 15 is 0 Å².